The number of hydrogen-bond acceptors (Lipinski definition) is 3. The number of halogens is 2. The van der Waals surface area contributed by atoms with Gasteiger partial charge in [0.15, 0.2) is 0 Å². The lowest BCUT2D eigenvalue weighted by Crippen LogP contribution is -2.30. The Morgan fingerprint density at radius 3 is 2.16 bits per heavy atom. The van der Waals surface area contributed by atoms with Gasteiger partial charge in [-0.3, -0.25) is 9.59 Å². The van der Waals surface area contributed by atoms with Gasteiger partial charge in [-0.2, -0.15) is 5.26 Å². The van der Waals surface area contributed by atoms with Crippen LogP contribution in [0.2, 0.25) is 10.0 Å². The molecule has 2 aromatic carbocycles. The maximum Gasteiger partial charge on any atom is 0.242 e. The standard InChI is InChI=1S/C19H14Cl2N2O2/c1-2-16-17(12-5-3-11(10-22)4-6-12)19(25)23(18(16)24)15-8-13(20)7-14(21)9-15/h3-9,16-17H,2H2,1H3/t16?,17-/m0/s1. The number of imide groups is 1. The Hall–Kier alpha value is -2.35. The van der Waals surface area contributed by atoms with E-state index in [1.54, 1.807) is 42.5 Å². The first kappa shape index (κ1) is 17.5. The van der Waals surface area contributed by atoms with Crippen LogP contribution in [0.1, 0.15) is 30.4 Å². The van der Waals surface area contributed by atoms with Gasteiger partial charge >= 0.3 is 0 Å². The number of nitrogens with zero attached hydrogens (tertiary/aromatic N) is 2. The van der Waals surface area contributed by atoms with E-state index in [1.165, 1.54) is 0 Å². The topological polar surface area (TPSA) is 61.2 Å². The van der Waals surface area contributed by atoms with Crippen LogP contribution >= 0.6 is 23.2 Å². The van der Waals surface area contributed by atoms with Crippen LogP contribution in [0.4, 0.5) is 5.69 Å². The number of anilines is 1. The molecule has 0 aromatic heterocycles. The molecule has 1 heterocycles. The summed E-state index contributed by atoms with van der Waals surface area (Å²) in [5, 5.41) is 9.64. The van der Waals surface area contributed by atoms with Crippen LogP contribution in [0.5, 0.6) is 0 Å². The van der Waals surface area contributed by atoms with Crippen molar-refractivity contribution in [3.05, 3.63) is 63.6 Å². The van der Waals surface area contributed by atoms with E-state index >= 15 is 0 Å². The zero-order chi connectivity index (χ0) is 18.1. The second-order valence-electron chi connectivity index (χ2n) is 5.87. The van der Waals surface area contributed by atoms with E-state index in [0.29, 0.717) is 27.7 Å². The molecule has 0 saturated carbocycles. The third-order valence-corrected chi connectivity index (χ3v) is 4.81. The fourth-order valence-corrected chi connectivity index (χ4v) is 3.72. The van der Waals surface area contributed by atoms with E-state index in [4.69, 9.17) is 28.5 Å². The summed E-state index contributed by atoms with van der Waals surface area (Å²) in [6, 6.07) is 13.5. The molecule has 0 spiro atoms. The van der Waals surface area contributed by atoms with E-state index in [-0.39, 0.29) is 11.8 Å². The van der Waals surface area contributed by atoms with Gasteiger partial charge < -0.3 is 0 Å². The Labute approximate surface area is 155 Å². The Kier molecular flexibility index (Phi) is 4.80. The van der Waals surface area contributed by atoms with Crippen molar-refractivity contribution in [2.24, 2.45) is 5.92 Å². The van der Waals surface area contributed by atoms with Gasteiger partial charge in [0.05, 0.1) is 29.2 Å². The van der Waals surface area contributed by atoms with Crippen LogP contribution in [0.15, 0.2) is 42.5 Å². The second kappa shape index (κ2) is 6.87. The highest BCUT2D eigenvalue weighted by molar-refractivity contribution is 6.35. The predicted octanol–water partition coefficient (Wildman–Crippen LogP) is 4.55. The van der Waals surface area contributed by atoms with E-state index in [2.05, 4.69) is 0 Å². The zero-order valence-corrected chi connectivity index (χ0v) is 14.9. The fraction of sp³-hybridized carbons (Fsp3) is 0.211. The fourth-order valence-electron chi connectivity index (χ4n) is 3.20. The molecule has 1 unspecified atom stereocenters. The van der Waals surface area contributed by atoms with Crippen molar-refractivity contribution in [3.8, 4) is 6.07 Å². The van der Waals surface area contributed by atoms with Crippen molar-refractivity contribution in [1.82, 2.24) is 0 Å². The molecule has 25 heavy (non-hydrogen) atoms. The Bertz CT molecular complexity index is 867. The normalized spacial score (nSPS) is 20.0. The third kappa shape index (κ3) is 3.13. The Morgan fingerprint density at radius 2 is 1.64 bits per heavy atom. The van der Waals surface area contributed by atoms with Crippen LogP contribution in [0.3, 0.4) is 0 Å². The van der Waals surface area contributed by atoms with E-state index in [0.717, 1.165) is 10.5 Å². The summed E-state index contributed by atoms with van der Waals surface area (Å²) in [4.78, 5) is 27.0. The summed E-state index contributed by atoms with van der Waals surface area (Å²) >= 11 is 12.0. The SMILES string of the molecule is CCC1C(=O)N(c2cc(Cl)cc(Cl)c2)C(=O)[C@H]1c1ccc(C#N)cc1. The number of benzene rings is 2. The molecule has 1 fully saturated rings. The quantitative estimate of drug-likeness (QED) is 0.742. The van der Waals surface area contributed by atoms with Gasteiger partial charge in [-0.05, 0) is 42.3 Å². The summed E-state index contributed by atoms with van der Waals surface area (Å²) in [6.45, 7) is 1.88. The minimum atomic E-state index is -0.581. The van der Waals surface area contributed by atoms with Crippen molar-refractivity contribution < 1.29 is 9.59 Å². The Balaban J connectivity index is 2.04. The van der Waals surface area contributed by atoms with Crippen LogP contribution in [0, 0.1) is 17.2 Å². The molecular formula is C19H14Cl2N2O2. The van der Waals surface area contributed by atoms with Crippen molar-refractivity contribution >= 4 is 40.7 Å². The number of nitriles is 1. The monoisotopic (exact) mass is 372 g/mol. The molecule has 1 saturated heterocycles. The molecule has 2 amide bonds. The van der Waals surface area contributed by atoms with Crippen LogP contribution in [-0.4, -0.2) is 11.8 Å². The minimum Gasteiger partial charge on any atom is -0.274 e. The lowest BCUT2D eigenvalue weighted by molar-refractivity contribution is -0.122. The summed E-state index contributed by atoms with van der Waals surface area (Å²) in [5.74, 6) is -1.61. The highest BCUT2D eigenvalue weighted by Crippen LogP contribution is 2.40. The molecule has 2 atom stereocenters. The average molecular weight is 373 g/mol. The number of amides is 2. The maximum atomic E-state index is 13.0. The lowest BCUT2D eigenvalue weighted by atomic mass is 9.86. The van der Waals surface area contributed by atoms with Gasteiger partial charge in [0.1, 0.15) is 0 Å². The van der Waals surface area contributed by atoms with Gasteiger partial charge in [0, 0.05) is 10.0 Å². The molecule has 1 aliphatic heterocycles. The Morgan fingerprint density at radius 1 is 1.04 bits per heavy atom. The van der Waals surface area contributed by atoms with Gasteiger partial charge in [-0.1, -0.05) is 42.3 Å². The first-order valence-electron chi connectivity index (χ1n) is 7.80. The molecule has 2 aromatic rings. The summed E-state index contributed by atoms with van der Waals surface area (Å²) in [7, 11) is 0. The third-order valence-electron chi connectivity index (χ3n) is 4.37. The summed E-state index contributed by atoms with van der Waals surface area (Å²) < 4.78 is 0. The highest BCUT2D eigenvalue weighted by atomic mass is 35.5. The zero-order valence-electron chi connectivity index (χ0n) is 13.4. The van der Waals surface area contributed by atoms with Crippen molar-refractivity contribution in [2.45, 2.75) is 19.3 Å². The maximum absolute atomic E-state index is 13.0. The predicted molar refractivity (Wildman–Crippen MR) is 96.6 cm³/mol. The van der Waals surface area contributed by atoms with Crippen molar-refractivity contribution in [2.75, 3.05) is 4.90 Å². The number of hydrogen-bond donors (Lipinski definition) is 0. The first-order valence-corrected chi connectivity index (χ1v) is 8.55. The van der Waals surface area contributed by atoms with Crippen molar-refractivity contribution in [1.29, 1.82) is 5.26 Å². The van der Waals surface area contributed by atoms with E-state index < -0.39 is 11.8 Å². The molecule has 4 nitrogen and oxygen atoms in total. The van der Waals surface area contributed by atoms with Gasteiger partial charge in [0.25, 0.3) is 0 Å². The minimum absolute atomic E-state index is 0.264. The number of carbonyl (C=O) groups excluding carboxylic acids is 2. The lowest BCUT2D eigenvalue weighted by Gasteiger charge is -2.16. The molecule has 0 bridgehead atoms. The molecule has 6 heteroatoms. The van der Waals surface area contributed by atoms with E-state index in [9.17, 15) is 9.59 Å². The molecular weight excluding hydrogens is 359 g/mol. The van der Waals surface area contributed by atoms with Gasteiger partial charge in [0.2, 0.25) is 11.8 Å². The molecule has 0 radical (unpaired) electrons. The van der Waals surface area contributed by atoms with Gasteiger partial charge in [-0.15, -0.1) is 0 Å². The van der Waals surface area contributed by atoms with E-state index in [1.807, 2.05) is 13.0 Å². The molecule has 0 aliphatic carbocycles. The summed E-state index contributed by atoms with van der Waals surface area (Å²) in [6.07, 6.45) is 0.528. The number of carbonyl (C=O) groups is 2. The van der Waals surface area contributed by atoms with Crippen LogP contribution in [0.25, 0.3) is 0 Å². The smallest absolute Gasteiger partial charge is 0.242 e. The summed E-state index contributed by atoms with van der Waals surface area (Å²) in [5.41, 5.74) is 1.61. The van der Waals surface area contributed by atoms with Crippen molar-refractivity contribution in [3.63, 3.8) is 0 Å². The molecule has 0 N–H and O–H groups in total. The average Bonchev–Trinajstić information content (AvgIpc) is 2.84. The highest BCUT2D eigenvalue weighted by Gasteiger charge is 2.48. The number of rotatable bonds is 3. The molecule has 1 aliphatic rings. The largest absolute Gasteiger partial charge is 0.274 e. The second-order valence-corrected chi connectivity index (χ2v) is 6.74. The molecule has 3 rings (SSSR count). The molecule has 126 valence electrons. The van der Waals surface area contributed by atoms with Gasteiger partial charge in [-0.25, -0.2) is 4.90 Å². The van der Waals surface area contributed by atoms with Crippen LogP contribution < -0.4 is 4.90 Å². The first-order chi connectivity index (χ1) is 12.0. The van der Waals surface area contributed by atoms with Crippen LogP contribution in [-0.2, 0) is 9.59 Å².